The number of hydrogen-bond donors (Lipinski definition) is 4. The highest BCUT2D eigenvalue weighted by molar-refractivity contribution is 5.96. The average molecular weight is 466 g/mol. The summed E-state index contributed by atoms with van der Waals surface area (Å²) in [6.07, 6.45) is 5.91. The van der Waals surface area contributed by atoms with E-state index in [0.717, 1.165) is 19.3 Å². The lowest BCUT2D eigenvalue weighted by atomic mass is 10.0. The van der Waals surface area contributed by atoms with Crippen LogP contribution < -0.4 is 10.6 Å². The van der Waals surface area contributed by atoms with E-state index in [9.17, 15) is 29.4 Å². The van der Waals surface area contributed by atoms with E-state index in [4.69, 9.17) is 4.74 Å². The lowest BCUT2D eigenvalue weighted by molar-refractivity contribution is -0.145. The van der Waals surface area contributed by atoms with Crippen LogP contribution in [0.5, 0.6) is 0 Å². The fraction of sp³-hybridized carbons (Fsp3) is 0.739. The number of allylic oxidation sites excluding steroid dienone is 1. The molecule has 1 saturated carbocycles. The second-order valence-electron chi connectivity index (χ2n) is 10.2. The van der Waals surface area contributed by atoms with Gasteiger partial charge in [-0.05, 0) is 46.5 Å². The van der Waals surface area contributed by atoms with Crippen molar-refractivity contribution in [2.75, 3.05) is 6.54 Å². The van der Waals surface area contributed by atoms with Gasteiger partial charge in [0.15, 0.2) is 0 Å². The monoisotopic (exact) mass is 465 g/mol. The number of amides is 3. The van der Waals surface area contributed by atoms with Crippen LogP contribution in [0.2, 0.25) is 0 Å². The first-order valence-corrected chi connectivity index (χ1v) is 11.6. The standard InChI is InChI=1S/C23H35N3O7/c1-22(2,3)33-21(32)24-16-10-8-6-4-5-7-9-14-12-23(14,20(30)31)25-18(28)17-11-15(27)13-26(17)19(16)29/h7,9,14-17,27H,4-6,8,10-13H2,1-3H3,(H,24,32)(H,25,28)(H,30,31)/b9-7+. The Morgan fingerprint density at radius 1 is 1.24 bits per heavy atom. The lowest BCUT2D eigenvalue weighted by Crippen LogP contribution is -2.56. The van der Waals surface area contributed by atoms with Crippen molar-refractivity contribution in [3.05, 3.63) is 12.2 Å². The number of fused-ring (bicyclic) bond motifs is 2. The van der Waals surface area contributed by atoms with Gasteiger partial charge in [-0.2, -0.15) is 0 Å². The summed E-state index contributed by atoms with van der Waals surface area (Å²) in [5.41, 5.74) is -2.12. The number of aliphatic hydroxyl groups is 1. The topological polar surface area (TPSA) is 145 Å². The minimum absolute atomic E-state index is 0.00688. The van der Waals surface area contributed by atoms with Gasteiger partial charge in [-0.15, -0.1) is 0 Å². The van der Waals surface area contributed by atoms with Crippen molar-refractivity contribution in [1.82, 2.24) is 15.5 Å². The van der Waals surface area contributed by atoms with Crippen molar-refractivity contribution in [2.45, 2.75) is 95.0 Å². The normalized spacial score (nSPS) is 34.1. The third kappa shape index (κ3) is 6.04. The molecule has 5 atom stereocenters. The number of hydrogen-bond acceptors (Lipinski definition) is 6. The molecule has 184 valence electrons. The summed E-state index contributed by atoms with van der Waals surface area (Å²) in [5, 5.41) is 25.2. The highest BCUT2D eigenvalue weighted by Gasteiger charge is 2.61. The first kappa shape index (κ1) is 25.0. The van der Waals surface area contributed by atoms with Crippen molar-refractivity contribution in [3.8, 4) is 0 Å². The predicted molar refractivity (Wildman–Crippen MR) is 118 cm³/mol. The molecule has 2 fully saturated rings. The number of carboxylic acids is 1. The number of nitrogens with zero attached hydrogens (tertiary/aromatic N) is 1. The van der Waals surface area contributed by atoms with Gasteiger partial charge in [0.1, 0.15) is 23.2 Å². The van der Waals surface area contributed by atoms with E-state index in [0.29, 0.717) is 12.8 Å². The van der Waals surface area contributed by atoms with Crippen molar-refractivity contribution < 1.29 is 34.1 Å². The molecule has 10 nitrogen and oxygen atoms in total. The minimum Gasteiger partial charge on any atom is -0.479 e. The van der Waals surface area contributed by atoms with Crippen LogP contribution in [-0.4, -0.2) is 74.9 Å². The van der Waals surface area contributed by atoms with Gasteiger partial charge in [0, 0.05) is 18.9 Å². The molecule has 0 aromatic carbocycles. The zero-order valence-corrected chi connectivity index (χ0v) is 19.5. The summed E-state index contributed by atoms with van der Waals surface area (Å²) >= 11 is 0. The summed E-state index contributed by atoms with van der Waals surface area (Å²) in [6, 6.07) is -1.93. The van der Waals surface area contributed by atoms with Crippen molar-refractivity contribution in [2.24, 2.45) is 5.92 Å². The molecular formula is C23H35N3O7. The van der Waals surface area contributed by atoms with Crippen molar-refractivity contribution in [1.29, 1.82) is 0 Å². The van der Waals surface area contributed by atoms with Gasteiger partial charge in [-0.25, -0.2) is 9.59 Å². The Morgan fingerprint density at radius 2 is 1.97 bits per heavy atom. The van der Waals surface area contributed by atoms with E-state index in [1.165, 1.54) is 4.90 Å². The van der Waals surface area contributed by atoms with Gasteiger partial charge in [0.2, 0.25) is 11.8 Å². The van der Waals surface area contributed by atoms with E-state index >= 15 is 0 Å². The Morgan fingerprint density at radius 3 is 2.64 bits per heavy atom. The quantitative estimate of drug-likeness (QED) is 0.450. The smallest absolute Gasteiger partial charge is 0.408 e. The Balaban J connectivity index is 1.83. The van der Waals surface area contributed by atoms with Gasteiger partial charge < -0.3 is 30.5 Å². The molecule has 3 rings (SSSR count). The van der Waals surface area contributed by atoms with Crippen molar-refractivity contribution in [3.63, 3.8) is 0 Å². The molecule has 4 N–H and O–H groups in total. The van der Waals surface area contributed by atoms with Gasteiger partial charge in [-0.3, -0.25) is 9.59 Å². The SMILES string of the molecule is CC(C)(C)OC(=O)NC1CCCCC/C=C/C2CC2(C(=O)O)NC(=O)C2CC(O)CN2C1=O. The number of alkyl carbamates (subject to hydrolysis) is 1. The Kier molecular flexibility index (Phi) is 7.36. The molecule has 2 aliphatic heterocycles. The van der Waals surface area contributed by atoms with Crippen LogP contribution >= 0.6 is 0 Å². The van der Waals surface area contributed by atoms with Gasteiger partial charge in [0.25, 0.3) is 0 Å². The molecule has 0 bridgehead atoms. The van der Waals surface area contributed by atoms with Crippen LogP contribution in [0.4, 0.5) is 4.79 Å². The maximum atomic E-state index is 13.4. The number of aliphatic hydroxyl groups excluding tert-OH is 1. The Labute approximate surface area is 193 Å². The van der Waals surface area contributed by atoms with Crippen LogP contribution in [0.3, 0.4) is 0 Å². The summed E-state index contributed by atoms with van der Waals surface area (Å²) in [4.78, 5) is 52.0. The maximum Gasteiger partial charge on any atom is 0.408 e. The fourth-order valence-corrected chi connectivity index (χ4v) is 4.53. The van der Waals surface area contributed by atoms with E-state index < -0.39 is 53.2 Å². The summed E-state index contributed by atoms with van der Waals surface area (Å²) < 4.78 is 5.30. The number of carboxylic acid groups (broad SMARTS) is 1. The van der Waals surface area contributed by atoms with Crippen LogP contribution in [-0.2, 0) is 19.1 Å². The van der Waals surface area contributed by atoms with E-state index in [1.807, 2.05) is 12.2 Å². The van der Waals surface area contributed by atoms with Crippen LogP contribution in [0, 0.1) is 5.92 Å². The molecule has 0 spiro atoms. The van der Waals surface area contributed by atoms with Gasteiger partial charge >= 0.3 is 12.1 Å². The Bertz CT molecular complexity index is 821. The fourth-order valence-electron chi connectivity index (χ4n) is 4.53. The first-order valence-electron chi connectivity index (χ1n) is 11.6. The summed E-state index contributed by atoms with van der Waals surface area (Å²) in [6.45, 7) is 5.10. The molecule has 0 aromatic rings. The molecule has 33 heavy (non-hydrogen) atoms. The number of aliphatic carboxylic acids is 1. The first-order chi connectivity index (χ1) is 15.4. The molecule has 1 saturated heterocycles. The van der Waals surface area contributed by atoms with Crippen LogP contribution in [0.15, 0.2) is 12.2 Å². The molecule has 2 heterocycles. The zero-order valence-electron chi connectivity index (χ0n) is 19.5. The number of nitrogens with one attached hydrogen (secondary N) is 2. The summed E-state index contributed by atoms with van der Waals surface area (Å²) in [5.74, 6) is -2.51. The lowest BCUT2D eigenvalue weighted by Gasteiger charge is -2.30. The molecule has 3 aliphatic rings. The van der Waals surface area contributed by atoms with Crippen LogP contribution in [0.25, 0.3) is 0 Å². The molecule has 10 heteroatoms. The number of rotatable bonds is 2. The molecule has 1 aliphatic carbocycles. The minimum atomic E-state index is -1.38. The van der Waals surface area contributed by atoms with Gasteiger partial charge in [0.05, 0.1) is 6.10 Å². The second-order valence-corrected chi connectivity index (χ2v) is 10.2. The van der Waals surface area contributed by atoms with Crippen LogP contribution in [0.1, 0.15) is 65.7 Å². The van der Waals surface area contributed by atoms with Gasteiger partial charge in [-0.1, -0.05) is 25.0 Å². The molecule has 0 aromatic heterocycles. The third-order valence-electron chi connectivity index (χ3n) is 6.33. The highest BCUT2D eigenvalue weighted by atomic mass is 16.6. The third-order valence-corrected chi connectivity index (χ3v) is 6.33. The molecule has 5 unspecified atom stereocenters. The van der Waals surface area contributed by atoms with E-state index in [1.54, 1.807) is 20.8 Å². The van der Waals surface area contributed by atoms with Crippen molar-refractivity contribution >= 4 is 23.9 Å². The molecule has 0 radical (unpaired) electrons. The second kappa shape index (κ2) is 9.70. The largest absolute Gasteiger partial charge is 0.479 e. The van der Waals surface area contributed by atoms with E-state index in [-0.39, 0.29) is 25.3 Å². The molecular weight excluding hydrogens is 430 g/mol. The maximum absolute atomic E-state index is 13.4. The summed E-state index contributed by atoms with van der Waals surface area (Å²) in [7, 11) is 0. The van der Waals surface area contributed by atoms with E-state index in [2.05, 4.69) is 10.6 Å². The zero-order chi connectivity index (χ0) is 24.4. The highest BCUT2D eigenvalue weighted by Crippen LogP contribution is 2.45. The molecule has 3 amide bonds. The number of ether oxygens (including phenoxy) is 1. The number of carbonyl (C=O) groups is 4. The number of carbonyl (C=O) groups excluding carboxylic acids is 3. The predicted octanol–water partition coefficient (Wildman–Crippen LogP) is 1.32. The average Bonchev–Trinajstić information content (AvgIpc) is 3.25. The Hall–Kier alpha value is -2.62.